The minimum absolute atomic E-state index is 0.647. The maximum atomic E-state index is 6.32. The Balaban J connectivity index is 2.14. The third-order valence-electron chi connectivity index (χ3n) is 4.41. The van der Waals surface area contributed by atoms with Crippen molar-refractivity contribution in [3.8, 4) is 0 Å². The number of rotatable bonds is 6. The molecule has 1 aromatic heterocycles. The molecular weight excluding hydrogens is 250 g/mol. The lowest BCUT2D eigenvalue weighted by Crippen LogP contribution is -2.37. The van der Waals surface area contributed by atoms with Gasteiger partial charge in [-0.3, -0.25) is 9.58 Å². The van der Waals surface area contributed by atoms with Crippen LogP contribution in [0.5, 0.6) is 0 Å². The van der Waals surface area contributed by atoms with E-state index in [0.717, 1.165) is 56.2 Å². The van der Waals surface area contributed by atoms with E-state index in [1.54, 1.807) is 0 Å². The van der Waals surface area contributed by atoms with Crippen LogP contribution in [-0.2, 0) is 13.5 Å². The molecular formula is C15H29N5. The third kappa shape index (κ3) is 2.77. The van der Waals surface area contributed by atoms with Crippen molar-refractivity contribution in [2.75, 3.05) is 36.8 Å². The number of hydrogen-bond acceptors (Lipinski definition) is 4. The summed E-state index contributed by atoms with van der Waals surface area (Å²) in [6, 6.07) is 0.647. The van der Waals surface area contributed by atoms with Crippen LogP contribution in [0.4, 0.5) is 11.5 Å². The number of nitrogens with zero attached hydrogens (tertiary/aromatic N) is 4. The van der Waals surface area contributed by atoms with E-state index in [-0.39, 0.29) is 0 Å². The minimum atomic E-state index is 0.647. The van der Waals surface area contributed by atoms with Gasteiger partial charge < -0.3 is 10.6 Å². The van der Waals surface area contributed by atoms with E-state index < -0.39 is 0 Å². The smallest absolute Gasteiger partial charge is 0.150 e. The Kier molecular flexibility index (Phi) is 4.91. The Morgan fingerprint density at radius 2 is 2.00 bits per heavy atom. The van der Waals surface area contributed by atoms with Crippen molar-refractivity contribution < 1.29 is 0 Å². The van der Waals surface area contributed by atoms with Gasteiger partial charge in [0.1, 0.15) is 5.82 Å². The molecule has 20 heavy (non-hydrogen) atoms. The summed E-state index contributed by atoms with van der Waals surface area (Å²) in [5.41, 5.74) is 8.25. The Hall–Kier alpha value is -1.23. The zero-order valence-electron chi connectivity index (χ0n) is 13.4. The van der Waals surface area contributed by atoms with Gasteiger partial charge >= 0.3 is 0 Å². The molecule has 114 valence electrons. The number of nitrogens with two attached hydrogens (primary N) is 1. The Morgan fingerprint density at radius 3 is 2.60 bits per heavy atom. The van der Waals surface area contributed by atoms with Crippen molar-refractivity contribution in [3.63, 3.8) is 0 Å². The van der Waals surface area contributed by atoms with Crippen LogP contribution < -0.4 is 10.6 Å². The highest BCUT2D eigenvalue weighted by Crippen LogP contribution is 2.30. The van der Waals surface area contributed by atoms with E-state index in [9.17, 15) is 0 Å². The first-order valence-corrected chi connectivity index (χ1v) is 7.92. The molecule has 1 fully saturated rings. The number of anilines is 2. The first kappa shape index (κ1) is 15.2. The molecule has 1 aliphatic heterocycles. The standard InChI is InChI=1S/C15H29N5/c1-5-8-13-14(16)15(18(4)17-13)20-10-9-12(11-20)19(6-2)7-3/h12H,5-11,16H2,1-4H3. The Morgan fingerprint density at radius 1 is 1.30 bits per heavy atom. The molecule has 2 N–H and O–H groups in total. The van der Waals surface area contributed by atoms with Crippen molar-refractivity contribution in [3.05, 3.63) is 5.69 Å². The molecule has 0 spiro atoms. The molecule has 0 amide bonds. The fourth-order valence-corrected chi connectivity index (χ4v) is 3.35. The van der Waals surface area contributed by atoms with Gasteiger partial charge in [0.05, 0.1) is 11.4 Å². The summed E-state index contributed by atoms with van der Waals surface area (Å²) in [7, 11) is 2.01. The van der Waals surface area contributed by atoms with E-state index in [4.69, 9.17) is 5.73 Å². The van der Waals surface area contributed by atoms with Crippen molar-refractivity contribution in [1.29, 1.82) is 0 Å². The molecule has 5 heteroatoms. The number of nitrogen functional groups attached to an aromatic ring is 1. The zero-order valence-corrected chi connectivity index (χ0v) is 13.4. The van der Waals surface area contributed by atoms with Crippen LogP contribution >= 0.6 is 0 Å². The molecule has 1 saturated heterocycles. The van der Waals surface area contributed by atoms with E-state index in [1.807, 2.05) is 11.7 Å². The monoisotopic (exact) mass is 279 g/mol. The normalized spacial score (nSPS) is 19.2. The van der Waals surface area contributed by atoms with E-state index in [0.29, 0.717) is 6.04 Å². The van der Waals surface area contributed by atoms with E-state index in [1.165, 1.54) is 6.42 Å². The lowest BCUT2D eigenvalue weighted by Gasteiger charge is -2.26. The van der Waals surface area contributed by atoms with Gasteiger partial charge in [0, 0.05) is 26.2 Å². The molecule has 1 aromatic rings. The van der Waals surface area contributed by atoms with Gasteiger partial charge in [0.25, 0.3) is 0 Å². The van der Waals surface area contributed by atoms with Crippen LogP contribution in [0.1, 0.15) is 39.3 Å². The van der Waals surface area contributed by atoms with Gasteiger partial charge in [-0.2, -0.15) is 5.10 Å². The third-order valence-corrected chi connectivity index (χ3v) is 4.41. The fourth-order valence-electron chi connectivity index (χ4n) is 3.35. The molecule has 0 aliphatic carbocycles. The highest BCUT2D eigenvalue weighted by Gasteiger charge is 2.29. The highest BCUT2D eigenvalue weighted by molar-refractivity contribution is 5.67. The fraction of sp³-hybridized carbons (Fsp3) is 0.800. The molecule has 1 unspecified atom stereocenters. The summed E-state index contributed by atoms with van der Waals surface area (Å²) < 4.78 is 1.96. The van der Waals surface area contributed by atoms with Crippen LogP contribution in [0.3, 0.4) is 0 Å². The summed E-state index contributed by atoms with van der Waals surface area (Å²) in [6.07, 6.45) is 3.27. The number of hydrogen-bond donors (Lipinski definition) is 1. The second-order valence-electron chi connectivity index (χ2n) is 5.67. The topological polar surface area (TPSA) is 50.3 Å². The molecule has 2 heterocycles. The molecule has 0 saturated carbocycles. The maximum Gasteiger partial charge on any atom is 0.150 e. The van der Waals surface area contributed by atoms with Gasteiger partial charge in [0.2, 0.25) is 0 Å². The van der Waals surface area contributed by atoms with E-state index in [2.05, 4.69) is 35.7 Å². The predicted octanol–water partition coefficient (Wildman–Crippen LogP) is 1.88. The summed E-state index contributed by atoms with van der Waals surface area (Å²) in [5, 5.41) is 4.59. The van der Waals surface area contributed by atoms with Crippen LogP contribution in [0, 0.1) is 0 Å². The lowest BCUT2D eigenvalue weighted by atomic mass is 10.2. The molecule has 0 aromatic carbocycles. The predicted molar refractivity (Wildman–Crippen MR) is 85.2 cm³/mol. The van der Waals surface area contributed by atoms with Gasteiger partial charge in [0.15, 0.2) is 0 Å². The molecule has 1 aliphatic rings. The van der Waals surface area contributed by atoms with Crippen LogP contribution in [-0.4, -0.2) is 46.9 Å². The first-order chi connectivity index (χ1) is 9.62. The lowest BCUT2D eigenvalue weighted by molar-refractivity contribution is 0.232. The number of aromatic nitrogens is 2. The van der Waals surface area contributed by atoms with Gasteiger partial charge in [-0.05, 0) is 25.9 Å². The molecule has 1 atom stereocenters. The van der Waals surface area contributed by atoms with Crippen LogP contribution in [0.25, 0.3) is 0 Å². The highest BCUT2D eigenvalue weighted by atomic mass is 15.4. The van der Waals surface area contributed by atoms with Gasteiger partial charge in [-0.1, -0.05) is 27.2 Å². The second-order valence-corrected chi connectivity index (χ2v) is 5.67. The zero-order chi connectivity index (χ0) is 14.7. The summed E-state index contributed by atoms with van der Waals surface area (Å²) >= 11 is 0. The van der Waals surface area contributed by atoms with Crippen LogP contribution in [0.2, 0.25) is 0 Å². The van der Waals surface area contributed by atoms with Crippen molar-refractivity contribution >= 4 is 11.5 Å². The van der Waals surface area contributed by atoms with Crippen molar-refractivity contribution in [2.45, 2.75) is 46.1 Å². The minimum Gasteiger partial charge on any atom is -0.394 e. The summed E-state index contributed by atoms with van der Waals surface area (Å²) in [6.45, 7) is 11.0. The molecule has 0 bridgehead atoms. The average Bonchev–Trinajstić information content (AvgIpc) is 2.98. The van der Waals surface area contributed by atoms with Crippen molar-refractivity contribution in [2.24, 2.45) is 7.05 Å². The Labute approximate surface area is 122 Å². The quantitative estimate of drug-likeness (QED) is 0.864. The molecule has 0 radical (unpaired) electrons. The average molecular weight is 279 g/mol. The number of likely N-dealkylation sites (N-methyl/N-ethyl adjacent to an activating group) is 1. The van der Waals surface area contributed by atoms with Crippen molar-refractivity contribution in [1.82, 2.24) is 14.7 Å². The summed E-state index contributed by atoms with van der Waals surface area (Å²) in [5.74, 6) is 1.11. The summed E-state index contributed by atoms with van der Waals surface area (Å²) in [4.78, 5) is 4.95. The van der Waals surface area contributed by atoms with Crippen LogP contribution in [0.15, 0.2) is 0 Å². The largest absolute Gasteiger partial charge is 0.394 e. The maximum absolute atomic E-state index is 6.32. The van der Waals surface area contributed by atoms with Gasteiger partial charge in [-0.15, -0.1) is 0 Å². The SMILES string of the molecule is CCCc1nn(C)c(N2CCC(N(CC)CC)C2)c1N. The van der Waals surface area contributed by atoms with E-state index >= 15 is 0 Å². The van der Waals surface area contributed by atoms with Gasteiger partial charge in [-0.25, -0.2) is 0 Å². The first-order valence-electron chi connectivity index (χ1n) is 7.92. The molecule has 5 nitrogen and oxygen atoms in total. The number of aryl methyl sites for hydroxylation is 2. The Bertz CT molecular complexity index is 436. The second kappa shape index (κ2) is 6.48. The molecule has 2 rings (SSSR count).